The SMILES string of the molecule is C#CC(=O)NC[C@]1(C)CCC[C@]2(C)C1CC[C@@]13CC(=O)O[C@@](C)(CCC12)C3. The van der Waals surface area contributed by atoms with Gasteiger partial charge in [0.15, 0.2) is 0 Å². The molecule has 1 N–H and O–H groups in total. The predicted octanol–water partition coefficient (Wildman–Crippen LogP) is 3.83. The largest absolute Gasteiger partial charge is 0.459 e. The zero-order valence-electron chi connectivity index (χ0n) is 17.0. The molecule has 4 rings (SSSR count). The lowest BCUT2D eigenvalue weighted by Gasteiger charge is -2.67. The lowest BCUT2D eigenvalue weighted by Crippen LogP contribution is -2.63. The lowest BCUT2D eigenvalue weighted by atomic mass is 9.39. The Bertz CT molecular complexity index is 711. The van der Waals surface area contributed by atoms with Crippen molar-refractivity contribution in [2.75, 3.05) is 6.54 Å². The van der Waals surface area contributed by atoms with Crippen LogP contribution >= 0.6 is 0 Å². The minimum Gasteiger partial charge on any atom is -0.459 e. The van der Waals surface area contributed by atoms with Gasteiger partial charge in [-0.05, 0) is 85.9 Å². The monoisotopic (exact) mass is 371 g/mol. The molecule has 4 aliphatic rings. The summed E-state index contributed by atoms with van der Waals surface area (Å²) in [6, 6.07) is 0. The summed E-state index contributed by atoms with van der Waals surface area (Å²) in [5, 5.41) is 2.97. The van der Waals surface area contributed by atoms with Crippen molar-refractivity contribution in [3.8, 4) is 12.3 Å². The van der Waals surface area contributed by atoms with Gasteiger partial charge in [0.05, 0.1) is 6.42 Å². The molecule has 27 heavy (non-hydrogen) atoms. The van der Waals surface area contributed by atoms with Gasteiger partial charge in [-0.25, -0.2) is 0 Å². The highest BCUT2D eigenvalue weighted by molar-refractivity contribution is 5.92. The van der Waals surface area contributed by atoms with Crippen molar-refractivity contribution in [3.05, 3.63) is 0 Å². The maximum absolute atomic E-state index is 12.4. The topological polar surface area (TPSA) is 55.4 Å². The number of carbonyl (C=O) groups is 2. The average Bonchev–Trinajstić information content (AvgIpc) is 2.57. The quantitative estimate of drug-likeness (QED) is 0.593. The number of hydrogen-bond donors (Lipinski definition) is 1. The first-order chi connectivity index (χ1) is 12.6. The third-order valence-electron chi connectivity index (χ3n) is 8.90. The fraction of sp³-hybridized carbons (Fsp3) is 0.826. The average molecular weight is 372 g/mol. The van der Waals surface area contributed by atoms with Crippen LogP contribution in [0, 0.1) is 40.4 Å². The fourth-order valence-electron chi connectivity index (χ4n) is 8.05. The van der Waals surface area contributed by atoms with Crippen LogP contribution in [0.2, 0.25) is 0 Å². The number of hydrogen-bond acceptors (Lipinski definition) is 3. The van der Waals surface area contributed by atoms with Crippen LogP contribution in [0.15, 0.2) is 0 Å². The van der Waals surface area contributed by atoms with Crippen LogP contribution < -0.4 is 5.32 Å². The summed E-state index contributed by atoms with van der Waals surface area (Å²) in [6.45, 7) is 7.62. The van der Waals surface area contributed by atoms with Gasteiger partial charge in [0, 0.05) is 6.54 Å². The summed E-state index contributed by atoms with van der Waals surface area (Å²) < 4.78 is 5.77. The Hall–Kier alpha value is -1.50. The number of carbonyl (C=O) groups excluding carboxylic acids is 2. The van der Waals surface area contributed by atoms with Crippen molar-refractivity contribution >= 4 is 11.9 Å². The van der Waals surface area contributed by atoms with Crippen LogP contribution in [0.4, 0.5) is 0 Å². The second kappa shape index (κ2) is 6.00. The molecule has 1 spiro atoms. The molecule has 4 heteroatoms. The van der Waals surface area contributed by atoms with E-state index in [4.69, 9.17) is 11.2 Å². The number of rotatable bonds is 2. The molecule has 0 aromatic carbocycles. The molecule has 1 saturated heterocycles. The van der Waals surface area contributed by atoms with Gasteiger partial charge in [0.1, 0.15) is 5.60 Å². The van der Waals surface area contributed by atoms with Gasteiger partial charge < -0.3 is 10.1 Å². The summed E-state index contributed by atoms with van der Waals surface area (Å²) in [5.41, 5.74) is 0.170. The second-order valence-electron chi connectivity index (χ2n) is 10.7. The first-order valence-electron chi connectivity index (χ1n) is 10.6. The third kappa shape index (κ3) is 2.80. The van der Waals surface area contributed by atoms with Crippen molar-refractivity contribution in [2.45, 2.75) is 84.2 Å². The molecule has 148 valence electrons. The molecular weight excluding hydrogens is 338 g/mol. The molecule has 6 atom stereocenters. The Morgan fingerprint density at radius 3 is 2.67 bits per heavy atom. The van der Waals surface area contributed by atoms with Crippen molar-refractivity contribution < 1.29 is 14.3 Å². The molecule has 2 bridgehead atoms. The maximum atomic E-state index is 12.4. The molecule has 2 unspecified atom stereocenters. The summed E-state index contributed by atoms with van der Waals surface area (Å²) in [5.74, 6) is 3.03. The summed E-state index contributed by atoms with van der Waals surface area (Å²) >= 11 is 0. The van der Waals surface area contributed by atoms with E-state index in [0.29, 0.717) is 24.8 Å². The van der Waals surface area contributed by atoms with E-state index in [2.05, 4.69) is 32.0 Å². The Kier molecular flexibility index (Phi) is 4.19. The zero-order valence-corrected chi connectivity index (χ0v) is 17.0. The molecule has 3 saturated carbocycles. The van der Waals surface area contributed by atoms with E-state index in [0.717, 1.165) is 38.5 Å². The van der Waals surface area contributed by atoms with Crippen LogP contribution in [0.3, 0.4) is 0 Å². The Morgan fingerprint density at radius 2 is 1.93 bits per heavy atom. The number of terminal acetylenes is 1. The van der Waals surface area contributed by atoms with Gasteiger partial charge in [-0.2, -0.15) is 0 Å². The van der Waals surface area contributed by atoms with Gasteiger partial charge in [-0.1, -0.05) is 20.3 Å². The first kappa shape index (κ1) is 18.8. The number of amides is 1. The van der Waals surface area contributed by atoms with Crippen molar-refractivity contribution in [1.82, 2.24) is 5.32 Å². The van der Waals surface area contributed by atoms with Crippen LogP contribution in [0.1, 0.15) is 78.6 Å². The van der Waals surface area contributed by atoms with E-state index in [1.54, 1.807) is 0 Å². The van der Waals surface area contributed by atoms with Crippen LogP contribution in [-0.2, 0) is 14.3 Å². The molecule has 1 amide bonds. The van der Waals surface area contributed by atoms with Crippen molar-refractivity contribution in [3.63, 3.8) is 0 Å². The van der Waals surface area contributed by atoms with E-state index in [9.17, 15) is 9.59 Å². The molecule has 1 heterocycles. The van der Waals surface area contributed by atoms with Gasteiger partial charge in [-0.15, -0.1) is 6.42 Å². The van der Waals surface area contributed by atoms with E-state index in [-0.39, 0.29) is 33.7 Å². The molecule has 0 radical (unpaired) electrons. The molecule has 4 fully saturated rings. The summed E-state index contributed by atoms with van der Waals surface area (Å²) in [6.07, 6.45) is 14.8. The minimum absolute atomic E-state index is 0.00959. The van der Waals surface area contributed by atoms with Gasteiger partial charge in [-0.3, -0.25) is 9.59 Å². The van der Waals surface area contributed by atoms with E-state index in [1.165, 1.54) is 12.8 Å². The van der Waals surface area contributed by atoms with Gasteiger partial charge in [0.25, 0.3) is 5.91 Å². The lowest BCUT2D eigenvalue weighted by molar-refractivity contribution is -0.227. The number of fused-ring (bicyclic) bond motifs is 3. The molecule has 3 aliphatic carbocycles. The van der Waals surface area contributed by atoms with Crippen LogP contribution in [-0.4, -0.2) is 24.0 Å². The van der Waals surface area contributed by atoms with Gasteiger partial charge >= 0.3 is 5.97 Å². The Balaban J connectivity index is 1.64. The number of ether oxygens (including phenoxy) is 1. The highest BCUT2D eigenvalue weighted by Crippen LogP contribution is 2.70. The van der Waals surface area contributed by atoms with Crippen molar-refractivity contribution in [2.24, 2.45) is 28.1 Å². The molecule has 0 aromatic rings. The third-order valence-corrected chi connectivity index (χ3v) is 8.90. The molecule has 4 nitrogen and oxygen atoms in total. The van der Waals surface area contributed by atoms with Gasteiger partial charge in [0.2, 0.25) is 0 Å². The maximum Gasteiger partial charge on any atom is 0.306 e. The highest BCUT2D eigenvalue weighted by Gasteiger charge is 2.65. The number of nitrogens with one attached hydrogen (secondary N) is 1. The highest BCUT2D eigenvalue weighted by atomic mass is 16.6. The Morgan fingerprint density at radius 1 is 1.19 bits per heavy atom. The molecular formula is C23H33NO3. The smallest absolute Gasteiger partial charge is 0.306 e. The normalized spacial score (nSPS) is 48.4. The summed E-state index contributed by atoms with van der Waals surface area (Å²) in [4.78, 5) is 24.1. The fourth-order valence-corrected chi connectivity index (χ4v) is 8.05. The van der Waals surface area contributed by atoms with E-state index >= 15 is 0 Å². The van der Waals surface area contributed by atoms with E-state index in [1.807, 2.05) is 0 Å². The Labute approximate surface area is 163 Å². The van der Waals surface area contributed by atoms with Crippen LogP contribution in [0.5, 0.6) is 0 Å². The predicted molar refractivity (Wildman–Crippen MR) is 104 cm³/mol. The minimum atomic E-state index is -0.306. The summed E-state index contributed by atoms with van der Waals surface area (Å²) in [7, 11) is 0. The molecule has 0 aromatic heterocycles. The van der Waals surface area contributed by atoms with Crippen LogP contribution in [0.25, 0.3) is 0 Å². The number of esters is 1. The molecule has 1 aliphatic heterocycles. The van der Waals surface area contributed by atoms with Crippen molar-refractivity contribution in [1.29, 1.82) is 0 Å². The first-order valence-corrected chi connectivity index (χ1v) is 10.6. The van der Waals surface area contributed by atoms with E-state index < -0.39 is 0 Å². The standard InChI is InChI=1S/C23H33NO3/c1-5-18(25)24-15-20(2)9-6-10-22(4)16(20)8-12-23-13-19(26)27-21(3,14-23)11-7-17(22)23/h1,16-17H,6-15H2,2-4H3,(H,24,25)/t16?,17?,20-,21-,22+,23-/m0/s1. The second-order valence-corrected chi connectivity index (χ2v) is 10.7. The zero-order chi connectivity index (χ0) is 19.5.